The summed E-state index contributed by atoms with van der Waals surface area (Å²) in [5, 5.41) is 9.07. The highest BCUT2D eigenvalue weighted by molar-refractivity contribution is 5.94. The summed E-state index contributed by atoms with van der Waals surface area (Å²) in [6.45, 7) is 3.45. The third-order valence-electron chi connectivity index (χ3n) is 4.77. The summed E-state index contributed by atoms with van der Waals surface area (Å²) in [4.78, 5) is 29.6. The Morgan fingerprint density at radius 3 is 2.70 bits per heavy atom. The van der Waals surface area contributed by atoms with E-state index in [1.165, 1.54) is 17.7 Å². The van der Waals surface area contributed by atoms with E-state index in [9.17, 15) is 9.59 Å². The minimum atomic E-state index is -1.04. The Labute approximate surface area is 158 Å². The number of nitrogens with zero attached hydrogens (tertiary/aromatic N) is 2. The second-order valence-electron chi connectivity index (χ2n) is 6.76. The van der Waals surface area contributed by atoms with E-state index in [2.05, 4.69) is 17.1 Å². The number of carboxylic acids is 1. The fraction of sp³-hybridized carbons (Fsp3) is 0.381. The first-order valence-corrected chi connectivity index (χ1v) is 9.20. The third kappa shape index (κ3) is 4.92. The van der Waals surface area contributed by atoms with Gasteiger partial charge >= 0.3 is 5.97 Å². The molecule has 0 radical (unpaired) electrons. The highest BCUT2D eigenvalue weighted by Crippen LogP contribution is 2.17. The zero-order valence-electron chi connectivity index (χ0n) is 15.4. The molecule has 1 saturated heterocycles. The van der Waals surface area contributed by atoms with Crippen LogP contribution < -0.4 is 0 Å². The largest absolute Gasteiger partial charge is 0.478 e. The lowest BCUT2D eigenvalue weighted by Gasteiger charge is -2.17. The molecule has 1 atom stereocenters. The maximum absolute atomic E-state index is 12.6. The zero-order valence-corrected chi connectivity index (χ0v) is 15.4. The number of benzene rings is 1. The van der Waals surface area contributed by atoms with Gasteiger partial charge in [0.25, 0.3) is 5.91 Å². The van der Waals surface area contributed by atoms with Gasteiger partial charge in [0.05, 0.1) is 17.4 Å². The molecule has 1 N–H and O–H groups in total. The molecule has 27 heavy (non-hydrogen) atoms. The van der Waals surface area contributed by atoms with E-state index in [0.29, 0.717) is 25.4 Å². The second-order valence-corrected chi connectivity index (χ2v) is 6.76. The van der Waals surface area contributed by atoms with Gasteiger partial charge in [-0.1, -0.05) is 30.3 Å². The lowest BCUT2D eigenvalue weighted by Crippen LogP contribution is -2.31. The quantitative estimate of drug-likeness (QED) is 0.760. The van der Waals surface area contributed by atoms with Crippen molar-refractivity contribution in [3.8, 4) is 0 Å². The highest BCUT2D eigenvalue weighted by Gasteiger charge is 2.28. The fourth-order valence-electron chi connectivity index (χ4n) is 3.29. The second kappa shape index (κ2) is 8.77. The van der Waals surface area contributed by atoms with Crippen molar-refractivity contribution in [3.05, 3.63) is 65.0 Å². The molecule has 1 aromatic heterocycles. The van der Waals surface area contributed by atoms with E-state index in [1.54, 1.807) is 11.8 Å². The number of amides is 1. The molecular weight excluding hydrogens is 344 g/mol. The molecule has 0 aliphatic carbocycles. The number of carbonyl (C=O) groups is 2. The molecule has 6 heteroatoms. The van der Waals surface area contributed by atoms with Gasteiger partial charge < -0.3 is 14.7 Å². The van der Waals surface area contributed by atoms with Crippen molar-refractivity contribution in [1.29, 1.82) is 0 Å². The standard InChI is InChI=1S/C21H24N2O4/c1-15-18(21(25)26)9-10-19(22-15)20(24)23-12-11-17(14-23)27-13-5-8-16-6-3-2-4-7-16/h2-4,6-7,9-10,17H,5,8,11-14H2,1H3,(H,25,26). The van der Waals surface area contributed by atoms with Crippen LogP contribution in [0.25, 0.3) is 0 Å². The van der Waals surface area contributed by atoms with Crippen molar-refractivity contribution in [2.45, 2.75) is 32.3 Å². The van der Waals surface area contributed by atoms with Crippen LogP contribution in [0.4, 0.5) is 0 Å². The van der Waals surface area contributed by atoms with Gasteiger partial charge in [0.1, 0.15) is 5.69 Å². The topological polar surface area (TPSA) is 79.7 Å². The number of aromatic nitrogens is 1. The molecule has 2 aromatic rings. The molecule has 1 fully saturated rings. The molecule has 6 nitrogen and oxygen atoms in total. The monoisotopic (exact) mass is 368 g/mol. The Hall–Kier alpha value is -2.73. The van der Waals surface area contributed by atoms with Crippen LogP contribution in [-0.4, -0.2) is 52.7 Å². The number of carbonyl (C=O) groups excluding carboxylic acids is 1. The predicted molar refractivity (Wildman–Crippen MR) is 101 cm³/mol. The molecule has 1 amide bonds. The van der Waals surface area contributed by atoms with Crippen LogP contribution in [0, 0.1) is 6.92 Å². The summed E-state index contributed by atoms with van der Waals surface area (Å²) >= 11 is 0. The molecule has 142 valence electrons. The summed E-state index contributed by atoms with van der Waals surface area (Å²) in [6, 6.07) is 13.2. The number of pyridine rings is 1. The van der Waals surface area contributed by atoms with Crippen molar-refractivity contribution in [3.63, 3.8) is 0 Å². The van der Waals surface area contributed by atoms with Crippen LogP contribution in [-0.2, 0) is 11.2 Å². The van der Waals surface area contributed by atoms with Crippen LogP contribution in [0.1, 0.15) is 44.9 Å². The molecular formula is C21H24N2O4. The summed E-state index contributed by atoms with van der Waals surface area (Å²) < 4.78 is 5.92. The number of ether oxygens (including phenoxy) is 1. The zero-order chi connectivity index (χ0) is 19.2. The minimum absolute atomic E-state index is 0.0455. The minimum Gasteiger partial charge on any atom is -0.478 e. The molecule has 1 aliphatic heterocycles. The predicted octanol–water partition coefficient (Wildman–Crippen LogP) is 2.95. The average molecular weight is 368 g/mol. The van der Waals surface area contributed by atoms with Gasteiger partial charge in [-0.15, -0.1) is 0 Å². The number of aromatic carboxylic acids is 1. The van der Waals surface area contributed by atoms with Crippen LogP contribution in [0.3, 0.4) is 0 Å². The van der Waals surface area contributed by atoms with Crippen LogP contribution in [0.15, 0.2) is 42.5 Å². The Morgan fingerprint density at radius 2 is 2.00 bits per heavy atom. The molecule has 0 bridgehead atoms. The number of rotatable bonds is 7. The van der Waals surface area contributed by atoms with E-state index in [4.69, 9.17) is 9.84 Å². The number of aryl methyl sites for hydroxylation is 2. The van der Waals surface area contributed by atoms with Gasteiger partial charge in [-0.25, -0.2) is 9.78 Å². The Morgan fingerprint density at radius 1 is 1.22 bits per heavy atom. The Kier molecular flexibility index (Phi) is 6.19. The maximum Gasteiger partial charge on any atom is 0.337 e. The summed E-state index contributed by atoms with van der Waals surface area (Å²) in [6.07, 6.45) is 2.79. The van der Waals surface area contributed by atoms with Gasteiger partial charge in [-0.3, -0.25) is 4.79 Å². The van der Waals surface area contributed by atoms with E-state index >= 15 is 0 Å². The first kappa shape index (κ1) is 19.0. The van der Waals surface area contributed by atoms with Crippen molar-refractivity contribution >= 4 is 11.9 Å². The van der Waals surface area contributed by atoms with Crippen LogP contribution in [0.2, 0.25) is 0 Å². The van der Waals surface area contributed by atoms with Gasteiger partial charge in [0, 0.05) is 19.7 Å². The molecule has 0 saturated carbocycles. The highest BCUT2D eigenvalue weighted by atomic mass is 16.5. The van der Waals surface area contributed by atoms with Gasteiger partial charge in [0.2, 0.25) is 0 Å². The van der Waals surface area contributed by atoms with Gasteiger partial charge in [-0.2, -0.15) is 0 Å². The summed E-state index contributed by atoms with van der Waals surface area (Å²) in [5.41, 5.74) is 2.05. The van der Waals surface area contributed by atoms with Crippen LogP contribution in [0.5, 0.6) is 0 Å². The fourth-order valence-corrected chi connectivity index (χ4v) is 3.29. The lowest BCUT2D eigenvalue weighted by atomic mass is 10.1. The first-order chi connectivity index (χ1) is 13.0. The molecule has 3 rings (SSSR count). The number of hydrogen-bond donors (Lipinski definition) is 1. The number of hydrogen-bond acceptors (Lipinski definition) is 4. The number of carboxylic acid groups (broad SMARTS) is 1. The first-order valence-electron chi connectivity index (χ1n) is 9.20. The van der Waals surface area contributed by atoms with Crippen molar-refractivity contribution in [1.82, 2.24) is 9.88 Å². The SMILES string of the molecule is Cc1nc(C(=O)N2CCC(OCCCc3ccccc3)C2)ccc1C(=O)O. The summed E-state index contributed by atoms with van der Waals surface area (Å²) in [7, 11) is 0. The normalized spacial score (nSPS) is 16.5. The third-order valence-corrected chi connectivity index (χ3v) is 4.77. The maximum atomic E-state index is 12.6. The molecule has 2 heterocycles. The smallest absolute Gasteiger partial charge is 0.337 e. The Balaban J connectivity index is 1.46. The molecule has 1 aromatic carbocycles. The van der Waals surface area contributed by atoms with Gasteiger partial charge in [-0.05, 0) is 43.9 Å². The van der Waals surface area contributed by atoms with Crippen molar-refractivity contribution < 1.29 is 19.4 Å². The van der Waals surface area contributed by atoms with Gasteiger partial charge in [0.15, 0.2) is 0 Å². The molecule has 1 unspecified atom stereocenters. The Bertz CT molecular complexity index is 807. The lowest BCUT2D eigenvalue weighted by molar-refractivity contribution is 0.0522. The van der Waals surface area contributed by atoms with E-state index < -0.39 is 5.97 Å². The van der Waals surface area contributed by atoms with E-state index in [-0.39, 0.29) is 23.3 Å². The van der Waals surface area contributed by atoms with Crippen LogP contribution >= 0.6 is 0 Å². The number of likely N-dealkylation sites (tertiary alicyclic amines) is 1. The van der Waals surface area contributed by atoms with Crippen molar-refractivity contribution in [2.75, 3.05) is 19.7 Å². The summed E-state index contributed by atoms with van der Waals surface area (Å²) in [5.74, 6) is -1.21. The molecule has 0 spiro atoms. The van der Waals surface area contributed by atoms with E-state index in [1.807, 2.05) is 18.2 Å². The van der Waals surface area contributed by atoms with Crippen molar-refractivity contribution in [2.24, 2.45) is 0 Å². The molecule has 1 aliphatic rings. The van der Waals surface area contributed by atoms with E-state index in [0.717, 1.165) is 19.3 Å². The average Bonchev–Trinajstić information content (AvgIpc) is 3.14.